The van der Waals surface area contributed by atoms with Crippen molar-refractivity contribution in [2.45, 2.75) is 461 Å². The first-order valence-electron chi connectivity index (χ1n) is 40.8. The van der Waals surface area contributed by atoms with E-state index in [0.717, 1.165) is 64.2 Å². The number of ether oxygens (including phenoxy) is 3. The molecule has 6 N–H and O–H groups in total. The average molecular weight is 1320 g/mol. The van der Waals surface area contributed by atoms with E-state index in [-0.39, 0.29) is 13.0 Å². The van der Waals surface area contributed by atoms with Crippen molar-refractivity contribution >= 4 is 11.9 Å². The number of carbonyl (C=O) groups excluding carboxylic acids is 2. The zero-order valence-corrected chi connectivity index (χ0v) is 61.4. The van der Waals surface area contributed by atoms with Crippen LogP contribution in [0.25, 0.3) is 0 Å². The molecule has 93 heavy (non-hydrogen) atoms. The highest BCUT2D eigenvalue weighted by Crippen LogP contribution is 2.27. The number of esters is 1. The highest BCUT2D eigenvalue weighted by Gasteiger charge is 2.47. The van der Waals surface area contributed by atoms with E-state index in [1.807, 2.05) is 6.08 Å². The molecule has 8 atom stereocenters. The molecule has 0 radical (unpaired) electrons. The molecule has 1 aliphatic heterocycles. The van der Waals surface area contributed by atoms with Crippen LogP contribution >= 0.6 is 0 Å². The number of hydrogen-bond acceptors (Lipinski definition) is 10. The molecule has 548 valence electrons. The maximum atomic E-state index is 13.5. The van der Waals surface area contributed by atoms with Crippen LogP contribution < -0.4 is 5.32 Å². The number of hydrogen-bond donors (Lipinski definition) is 6. The molecule has 0 spiro atoms. The van der Waals surface area contributed by atoms with Crippen LogP contribution in [0.5, 0.6) is 0 Å². The highest BCUT2D eigenvalue weighted by molar-refractivity contribution is 5.80. The number of allylic oxidation sites excluding steroid dienone is 5. The zero-order chi connectivity index (χ0) is 67.4. The Balaban J connectivity index is 2.44. The molecule has 1 amide bonds. The van der Waals surface area contributed by atoms with E-state index >= 15 is 0 Å². The van der Waals surface area contributed by atoms with Gasteiger partial charge in [-0.05, 0) is 57.8 Å². The van der Waals surface area contributed by atoms with Crippen molar-refractivity contribution in [3.63, 3.8) is 0 Å². The molecule has 0 aliphatic carbocycles. The summed E-state index contributed by atoms with van der Waals surface area (Å²) in [5.74, 6) is -1.17. The van der Waals surface area contributed by atoms with Crippen molar-refractivity contribution in [2.24, 2.45) is 0 Å². The third-order valence-corrected chi connectivity index (χ3v) is 19.5. The van der Waals surface area contributed by atoms with Crippen molar-refractivity contribution in [3.8, 4) is 0 Å². The van der Waals surface area contributed by atoms with Crippen LogP contribution in [0.15, 0.2) is 36.5 Å². The van der Waals surface area contributed by atoms with Gasteiger partial charge < -0.3 is 45.1 Å². The summed E-state index contributed by atoms with van der Waals surface area (Å²) < 4.78 is 17.8. The summed E-state index contributed by atoms with van der Waals surface area (Å²) in [6.07, 6.45) is 77.9. The van der Waals surface area contributed by atoms with Gasteiger partial charge in [0.1, 0.15) is 24.4 Å². The fourth-order valence-electron chi connectivity index (χ4n) is 13.2. The monoisotopic (exact) mass is 1310 g/mol. The minimum absolute atomic E-state index is 0.131. The molecule has 1 heterocycles. The third kappa shape index (κ3) is 56.5. The third-order valence-electron chi connectivity index (χ3n) is 19.5. The molecule has 1 saturated heterocycles. The van der Waals surface area contributed by atoms with Crippen molar-refractivity contribution < 1.29 is 49.3 Å². The van der Waals surface area contributed by atoms with Crippen molar-refractivity contribution in [1.82, 2.24) is 5.32 Å². The van der Waals surface area contributed by atoms with Gasteiger partial charge in [-0.2, -0.15) is 0 Å². The van der Waals surface area contributed by atoms with E-state index in [2.05, 4.69) is 50.4 Å². The maximum Gasteiger partial charge on any atom is 0.306 e. The molecule has 0 aromatic carbocycles. The van der Waals surface area contributed by atoms with Crippen LogP contribution in [0, 0.1) is 0 Å². The molecule has 8 unspecified atom stereocenters. The quantitative estimate of drug-likeness (QED) is 0.0195. The fourth-order valence-corrected chi connectivity index (χ4v) is 13.2. The van der Waals surface area contributed by atoms with E-state index in [1.54, 1.807) is 6.08 Å². The van der Waals surface area contributed by atoms with E-state index in [4.69, 9.17) is 14.2 Å². The zero-order valence-electron chi connectivity index (χ0n) is 61.4. The van der Waals surface area contributed by atoms with Gasteiger partial charge in [-0.25, -0.2) is 0 Å². The van der Waals surface area contributed by atoms with Gasteiger partial charge in [-0.1, -0.05) is 385 Å². The first-order valence-corrected chi connectivity index (χ1v) is 40.8. The molecular formula is C82H155NO10. The van der Waals surface area contributed by atoms with Gasteiger partial charge in [0.2, 0.25) is 5.91 Å². The van der Waals surface area contributed by atoms with E-state index < -0.39 is 67.4 Å². The van der Waals surface area contributed by atoms with Gasteiger partial charge in [-0.3, -0.25) is 9.59 Å². The minimum Gasteiger partial charge on any atom is -0.454 e. The second-order valence-corrected chi connectivity index (χ2v) is 28.5. The molecule has 0 bridgehead atoms. The molecule has 11 nitrogen and oxygen atoms in total. The first-order chi connectivity index (χ1) is 45.7. The van der Waals surface area contributed by atoms with Crippen LogP contribution in [-0.4, -0.2) is 99.6 Å². The van der Waals surface area contributed by atoms with Crippen LogP contribution in [0.4, 0.5) is 0 Å². The predicted molar refractivity (Wildman–Crippen MR) is 394 cm³/mol. The van der Waals surface area contributed by atoms with Crippen molar-refractivity contribution in [2.75, 3.05) is 13.2 Å². The molecule has 0 saturated carbocycles. The van der Waals surface area contributed by atoms with Crippen LogP contribution in [-0.2, 0) is 23.8 Å². The largest absolute Gasteiger partial charge is 0.454 e. The Morgan fingerprint density at radius 3 is 1.12 bits per heavy atom. The highest BCUT2D eigenvalue weighted by atomic mass is 16.7. The maximum absolute atomic E-state index is 13.5. The lowest BCUT2D eigenvalue weighted by molar-refractivity contribution is -0.305. The van der Waals surface area contributed by atoms with E-state index in [1.165, 1.54) is 302 Å². The second-order valence-electron chi connectivity index (χ2n) is 28.5. The summed E-state index contributed by atoms with van der Waals surface area (Å²) in [6, 6.07) is -1.02. The Bertz CT molecular complexity index is 1660. The summed E-state index contributed by atoms with van der Waals surface area (Å²) in [5.41, 5.74) is 0. The second kappa shape index (κ2) is 69.8. The number of rotatable bonds is 72. The van der Waals surface area contributed by atoms with Gasteiger partial charge in [0.25, 0.3) is 0 Å². The number of aliphatic hydroxyl groups excluding tert-OH is 5. The van der Waals surface area contributed by atoms with Crippen molar-refractivity contribution in [3.05, 3.63) is 36.5 Å². The van der Waals surface area contributed by atoms with Gasteiger partial charge in [0.15, 0.2) is 12.4 Å². The molecule has 0 aromatic heterocycles. The summed E-state index contributed by atoms with van der Waals surface area (Å²) >= 11 is 0. The normalized spacial score (nSPS) is 18.0. The summed E-state index contributed by atoms with van der Waals surface area (Å²) in [7, 11) is 0. The minimum atomic E-state index is -1.61. The Labute approximate surface area is 574 Å². The first kappa shape index (κ1) is 88.9. The van der Waals surface area contributed by atoms with E-state index in [9.17, 15) is 35.1 Å². The van der Waals surface area contributed by atoms with Gasteiger partial charge in [-0.15, -0.1) is 0 Å². The van der Waals surface area contributed by atoms with Crippen LogP contribution in [0.2, 0.25) is 0 Å². The lowest BCUT2D eigenvalue weighted by Gasteiger charge is -2.41. The van der Waals surface area contributed by atoms with Crippen molar-refractivity contribution in [1.29, 1.82) is 0 Å². The van der Waals surface area contributed by atoms with Gasteiger partial charge in [0.05, 0.1) is 25.4 Å². The predicted octanol–water partition coefficient (Wildman–Crippen LogP) is 22.1. The average Bonchev–Trinajstić information content (AvgIpc) is 0.974. The standard InChI is InChI=1S/C82H155NO10/c1-4-7-10-13-16-19-22-24-26-28-30-32-34-36-38-40-42-44-46-48-50-52-55-58-61-64-67-70-77(87)93-80-79(89)78(88)76(71-84)92-82(80)91-72-73(74(85)68-65-62-59-56-53-21-18-15-12-9-6-3)83-81(90)75(86)69-66-63-60-57-54-51-49-47-45-43-41-39-37-35-33-31-29-27-25-23-20-17-14-11-8-5-2/h17,20,25,27,65,68,73-76,78-80,82,84-86,88-89H,4-16,18-19,21-24,26,28-64,66-67,69-72H2,1-3H3,(H,83,90)/b20-17-,27-25-,68-65+. The number of nitrogens with one attached hydrogen (secondary N) is 1. The lowest BCUT2D eigenvalue weighted by Crippen LogP contribution is -2.61. The Morgan fingerprint density at radius 1 is 0.419 bits per heavy atom. The molecule has 1 fully saturated rings. The number of aliphatic hydroxyl groups is 5. The number of unbranched alkanes of at least 4 members (excludes halogenated alkanes) is 54. The van der Waals surface area contributed by atoms with Gasteiger partial charge >= 0.3 is 5.97 Å². The molecule has 1 aliphatic rings. The Hall–Kier alpha value is -2.12. The van der Waals surface area contributed by atoms with E-state index in [0.29, 0.717) is 19.3 Å². The smallest absolute Gasteiger partial charge is 0.306 e. The topological polar surface area (TPSA) is 175 Å². The summed E-state index contributed by atoms with van der Waals surface area (Å²) in [4.78, 5) is 26.8. The number of carbonyl (C=O) groups is 2. The Kier molecular flexibility index (Phi) is 66.7. The summed E-state index contributed by atoms with van der Waals surface area (Å²) in [6.45, 7) is 5.84. The molecule has 11 heteroatoms. The van der Waals surface area contributed by atoms with Crippen LogP contribution in [0.3, 0.4) is 0 Å². The SMILES string of the molecule is CCCCC/C=C\C/C=C\CCCCCCCCCCCCCCCCCCC(O)C(=O)NC(COC1OC(CO)C(O)C(O)C1OC(=O)CCCCCCCCCCCCCCCCCCCCCCCCCCCCC)C(O)/C=C/CCCCCCCCCCC. The fraction of sp³-hybridized carbons (Fsp3) is 0.902. The molecule has 1 rings (SSSR count). The molecular weight excluding hydrogens is 1160 g/mol. The van der Waals surface area contributed by atoms with Gasteiger partial charge in [0, 0.05) is 6.42 Å². The Morgan fingerprint density at radius 2 is 0.742 bits per heavy atom. The summed E-state index contributed by atoms with van der Waals surface area (Å²) in [5, 5.41) is 57.4. The lowest BCUT2D eigenvalue weighted by atomic mass is 9.99. The molecule has 0 aromatic rings. The number of amides is 1. The van der Waals surface area contributed by atoms with Crippen LogP contribution in [0.1, 0.15) is 412 Å².